The summed E-state index contributed by atoms with van der Waals surface area (Å²) in [6, 6.07) is 12.9. The number of unbranched alkanes of at least 4 members (excludes halogenated alkanes) is 1. The first-order valence-electron chi connectivity index (χ1n) is 9.76. The number of benzene rings is 1. The second-order valence-electron chi connectivity index (χ2n) is 7.19. The number of aromatic nitrogens is 3. The van der Waals surface area contributed by atoms with E-state index in [0.29, 0.717) is 6.04 Å². The molecule has 1 aromatic carbocycles. The SMILES string of the molecule is [NH3+]CCCCN(Cc1nc2ccccc2[nH]1)C1CCCc2cccnc21. The lowest BCUT2D eigenvalue weighted by Gasteiger charge is -2.34. The van der Waals surface area contributed by atoms with Gasteiger partial charge in [-0.25, -0.2) is 4.98 Å². The predicted octanol–water partition coefficient (Wildman–Crippen LogP) is 2.86. The van der Waals surface area contributed by atoms with Gasteiger partial charge in [0.05, 0.1) is 35.9 Å². The first-order chi connectivity index (χ1) is 12.8. The van der Waals surface area contributed by atoms with Gasteiger partial charge in [0, 0.05) is 6.20 Å². The van der Waals surface area contributed by atoms with Crippen LogP contribution in [0.3, 0.4) is 0 Å². The van der Waals surface area contributed by atoms with Gasteiger partial charge in [-0.3, -0.25) is 9.88 Å². The minimum Gasteiger partial charge on any atom is -0.358 e. The van der Waals surface area contributed by atoms with E-state index in [9.17, 15) is 0 Å². The molecule has 5 heteroatoms. The Balaban J connectivity index is 1.60. The number of para-hydroxylation sites is 2. The van der Waals surface area contributed by atoms with Crippen molar-refractivity contribution in [3.05, 3.63) is 59.7 Å². The summed E-state index contributed by atoms with van der Waals surface area (Å²) in [6.45, 7) is 2.90. The van der Waals surface area contributed by atoms with E-state index in [1.807, 2.05) is 12.3 Å². The van der Waals surface area contributed by atoms with E-state index in [1.165, 1.54) is 36.9 Å². The first-order valence-corrected chi connectivity index (χ1v) is 9.76. The molecule has 0 saturated heterocycles. The summed E-state index contributed by atoms with van der Waals surface area (Å²) >= 11 is 0. The Hall–Kier alpha value is -2.24. The maximum atomic E-state index is 4.80. The quantitative estimate of drug-likeness (QED) is 0.644. The summed E-state index contributed by atoms with van der Waals surface area (Å²) in [5, 5.41) is 0. The summed E-state index contributed by atoms with van der Waals surface area (Å²) in [6.07, 6.45) is 7.83. The molecule has 1 aliphatic carbocycles. The number of hydrogen-bond donors (Lipinski definition) is 2. The molecule has 1 aliphatic rings. The number of aromatic amines is 1. The van der Waals surface area contributed by atoms with Crippen molar-refractivity contribution >= 4 is 11.0 Å². The molecule has 2 heterocycles. The molecule has 3 aromatic rings. The first kappa shape index (κ1) is 17.2. The number of pyridine rings is 1. The molecule has 0 spiro atoms. The maximum absolute atomic E-state index is 4.80. The van der Waals surface area contributed by atoms with E-state index in [-0.39, 0.29) is 0 Å². The Kier molecular flexibility index (Phi) is 5.27. The third-order valence-corrected chi connectivity index (χ3v) is 5.34. The summed E-state index contributed by atoms with van der Waals surface area (Å²) in [5.41, 5.74) is 8.83. The Morgan fingerprint density at radius 3 is 2.96 bits per heavy atom. The largest absolute Gasteiger partial charge is 0.358 e. The zero-order valence-electron chi connectivity index (χ0n) is 15.3. The van der Waals surface area contributed by atoms with Crippen molar-refractivity contribution in [3.8, 4) is 0 Å². The van der Waals surface area contributed by atoms with Gasteiger partial charge < -0.3 is 10.7 Å². The molecule has 2 aromatic heterocycles. The molecule has 0 aliphatic heterocycles. The molecule has 0 amide bonds. The molecular formula is C21H28N5+. The lowest BCUT2D eigenvalue weighted by molar-refractivity contribution is -0.368. The summed E-state index contributed by atoms with van der Waals surface area (Å²) < 4.78 is 0. The number of quaternary nitrogens is 1. The third-order valence-electron chi connectivity index (χ3n) is 5.34. The summed E-state index contributed by atoms with van der Waals surface area (Å²) in [7, 11) is 0. The lowest BCUT2D eigenvalue weighted by Crippen LogP contribution is -2.50. The number of imidazole rings is 1. The van der Waals surface area contributed by atoms with Crippen LogP contribution in [0.5, 0.6) is 0 Å². The van der Waals surface area contributed by atoms with E-state index < -0.39 is 0 Å². The van der Waals surface area contributed by atoms with Gasteiger partial charge in [-0.1, -0.05) is 18.2 Å². The van der Waals surface area contributed by atoms with Crippen LogP contribution in [-0.4, -0.2) is 32.9 Å². The fourth-order valence-corrected chi connectivity index (χ4v) is 4.05. The molecule has 0 bridgehead atoms. The maximum Gasteiger partial charge on any atom is 0.121 e. The molecule has 1 atom stereocenters. The van der Waals surface area contributed by atoms with E-state index >= 15 is 0 Å². The Morgan fingerprint density at radius 2 is 2.08 bits per heavy atom. The van der Waals surface area contributed by atoms with Gasteiger partial charge in [-0.2, -0.15) is 0 Å². The van der Waals surface area contributed by atoms with Gasteiger partial charge in [-0.05, 0) is 62.4 Å². The molecule has 0 fully saturated rings. The molecule has 4 rings (SSSR count). The zero-order valence-corrected chi connectivity index (χ0v) is 15.3. The highest BCUT2D eigenvalue weighted by Gasteiger charge is 2.27. The number of rotatable bonds is 7. The van der Waals surface area contributed by atoms with Crippen LogP contribution >= 0.6 is 0 Å². The molecule has 136 valence electrons. The molecule has 26 heavy (non-hydrogen) atoms. The van der Waals surface area contributed by atoms with Crippen molar-refractivity contribution in [1.29, 1.82) is 0 Å². The van der Waals surface area contributed by atoms with E-state index in [0.717, 1.165) is 42.9 Å². The summed E-state index contributed by atoms with van der Waals surface area (Å²) in [5.74, 6) is 1.05. The highest BCUT2D eigenvalue weighted by atomic mass is 15.2. The minimum absolute atomic E-state index is 0.387. The highest BCUT2D eigenvalue weighted by Crippen LogP contribution is 2.33. The van der Waals surface area contributed by atoms with Gasteiger partial charge in [0.1, 0.15) is 5.82 Å². The average molecular weight is 350 g/mol. The number of nitrogens with one attached hydrogen (secondary N) is 1. The van der Waals surface area contributed by atoms with Gasteiger partial charge in [-0.15, -0.1) is 0 Å². The van der Waals surface area contributed by atoms with E-state index in [4.69, 9.17) is 9.97 Å². The lowest BCUT2D eigenvalue weighted by atomic mass is 9.90. The van der Waals surface area contributed by atoms with Crippen molar-refractivity contribution in [2.24, 2.45) is 0 Å². The monoisotopic (exact) mass is 350 g/mol. The normalized spacial score (nSPS) is 16.9. The Bertz CT molecular complexity index is 823. The molecule has 5 nitrogen and oxygen atoms in total. The molecule has 4 N–H and O–H groups in total. The molecule has 1 unspecified atom stereocenters. The van der Waals surface area contributed by atoms with Gasteiger partial charge in [0.25, 0.3) is 0 Å². The molecule has 0 saturated carbocycles. The topological polar surface area (TPSA) is 72.5 Å². The van der Waals surface area contributed by atoms with Gasteiger partial charge >= 0.3 is 0 Å². The number of H-pyrrole nitrogens is 1. The van der Waals surface area contributed by atoms with Crippen LogP contribution in [0, 0.1) is 0 Å². The van der Waals surface area contributed by atoms with Crippen LogP contribution in [0.4, 0.5) is 0 Å². The van der Waals surface area contributed by atoms with Gasteiger partial charge in [0.15, 0.2) is 0 Å². The fraction of sp³-hybridized carbons (Fsp3) is 0.429. The Labute approximate surface area is 154 Å². The molecular weight excluding hydrogens is 322 g/mol. The standard InChI is InChI=1S/C21H27N5/c22-12-3-4-14-26(15-20-24-17-9-1-2-10-18(17)25-20)19-11-5-7-16-8-6-13-23-21(16)19/h1-2,6,8-10,13,19H,3-5,7,11-12,14-15,22H2,(H,24,25)/p+1. The smallest absolute Gasteiger partial charge is 0.121 e. The van der Waals surface area contributed by atoms with Gasteiger partial charge in [0.2, 0.25) is 0 Å². The van der Waals surface area contributed by atoms with Crippen LogP contribution in [-0.2, 0) is 13.0 Å². The van der Waals surface area contributed by atoms with Crippen LogP contribution in [0.1, 0.15) is 48.8 Å². The van der Waals surface area contributed by atoms with E-state index in [1.54, 1.807) is 0 Å². The Morgan fingerprint density at radius 1 is 1.15 bits per heavy atom. The zero-order chi connectivity index (χ0) is 17.8. The summed E-state index contributed by atoms with van der Waals surface area (Å²) in [4.78, 5) is 15.6. The second kappa shape index (κ2) is 7.98. The highest BCUT2D eigenvalue weighted by molar-refractivity contribution is 5.74. The van der Waals surface area contributed by atoms with Crippen molar-refractivity contribution in [3.63, 3.8) is 0 Å². The van der Waals surface area contributed by atoms with Crippen molar-refractivity contribution in [2.75, 3.05) is 13.1 Å². The van der Waals surface area contributed by atoms with Crippen molar-refractivity contribution in [1.82, 2.24) is 19.9 Å². The van der Waals surface area contributed by atoms with Crippen molar-refractivity contribution in [2.45, 2.75) is 44.7 Å². The molecule has 0 radical (unpaired) electrons. The van der Waals surface area contributed by atoms with Crippen LogP contribution < -0.4 is 5.73 Å². The van der Waals surface area contributed by atoms with Crippen molar-refractivity contribution < 1.29 is 5.73 Å². The second-order valence-corrected chi connectivity index (χ2v) is 7.19. The van der Waals surface area contributed by atoms with Crippen LogP contribution in [0.2, 0.25) is 0 Å². The van der Waals surface area contributed by atoms with E-state index in [2.05, 4.69) is 45.9 Å². The number of aryl methyl sites for hydroxylation is 1. The minimum atomic E-state index is 0.387. The number of nitrogens with zero attached hydrogens (tertiary/aromatic N) is 3. The predicted molar refractivity (Wildman–Crippen MR) is 103 cm³/mol. The van der Waals surface area contributed by atoms with Crippen LogP contribution in [0.15, 0.2) is 42.6 Å². The average Bonchev–Trinajstić information content (AvgIpc) is 3.09. The van der Waals surface area contributed by atoms with Crippen LogP contribution in [0.25, 0.3) is 11.0 Å². The third kappa shape index (κ3) is 3.64. The fourth-order valence-electron chi connectivity index (χ4n) is 4.05. The number of hydrogen-bond acceptors (Lipinski definition) is 3. The number of fused-ring (bicyclic) bond motifs is 2.